The summed E-state index contributed by atoms with van der Waals surface area (Å²) in [6.07, 6.45) is 0.490. The maximum absolute atomic E-state index is 11.0. The molecule has 0 atom stereocenters. The zero-order chi connectivity index (χ0) is 12.7. The van der Waals surface area contributed by atoms with Crippen molar-refractivity contribution in [3.05, 3.63) is 30.3 Å². The van der Waals surface area contributed by atoms with E-state index in [0.717, 1.165) is 11.0 Å². The van der Waals surface area contributed by atoms with Crippen molar-refractivity contribution in [1.82, 2.24) is 0 Å². The van der Waals surface area contributed by atoms with Crippen LogP contribution in [-0.2, 0) is 9.53 Å². The molecule has 0 amide bonds. The van der Waals surface area contributed by atoms with Gasteiger partial charge >= 0.3 is 116 Å². The van der Waals surface area contributed by atoms with E-state index < -0.39 is 0 Å². The van der Waals surface area contributed by atoms with E-state index in [-0.39, 0.29) is 20.9 Å². The summed E-state index contributed by atoms with van der Waals surface area (Å²) in [5.74, 6) is -0.137. The van der Waals surface area contributed by atoms with Gasteiger partial charge in [-0.15, -0.1) is 0 Å². The Balaban J connectivity index is 2.40. The fourth-order valence-corrected chi connectivity index (χ4v) is 3.86. The molecule has 0 saturated carbocycles. The molecule has 0 heterocycles. The minimum atomic E-state index is -0.137. The number of benzene rings is 1. The number of anilines is 1. The molecule has 0 aliphatic carbocycles. The average Bonchev–Trinajstić information content (AvgIpc) is 2.38. The first-order valence-electron chi connectivity index (χ1n) is 5.17. The van der Waals surface area contributed by atoms with Crippen molar-refractivity contribution in [1.29, 1.82) is 0 Å². The van der Waals surface area contributed by atoms with E-state index in [9.17, 15) is 4.79 Å². The van der Waals surface area contributed by atoms with Crippen LogP contribution in [-0.4, -0.2) is 54.1 Å². The van der Waals surface area contributed by atoms with Gasteiger partial charge in [-0.25, -0.2) is 0 Å². The summed E-state index contributed by atoms with van der Waals surface area (Å²) in [7, 11) is 3.45. The molecule has 0 spiro atoms. The second kappa shape index (κ2) is 7.67. The SMILES string of the molecule is COC(=O)CC[Se]C(=[Se])N(C)c1ccccc1. The Morgan fingerprint density at radius 2 is 2.06 bits per heavy atom. The molecule has 0 aromatic heterocycles. The number of nitrogens with zero attached hydrogens (tertiary/aromatic N) is 1. The van der Waals surface area contributed by atoms with E-state index >= 15 is 0 Å². The normalized spacial score (nSPS) is 9.76. The van der Waals surface area contributed by atoms with Crippen molar-refractivity contribution in [3.63, 3.8) is 0 Å². The molecule has 0 N–H and O–H groups in total. The van der Waals surface area contributed by atoms with Gasteiger partial charge in [0.1, 0.15) is 0 Å². The molecule has 0 bridgehead atoms. The van der Waals surface area contributed by atoms with Gasteiger partial charge < -0.3 is 0 Å². The molecular formula is C12H15NO2Se2. The molecule has 3 nitrogen and oxygen atoms in total. The quantitative estimate of drug-likeness (QED) is 0.560. The average molecular weight is 363 g/mol. The topological polar surface area (TPSA) is 29.5 Å². The first kappa shape index (κ1) is 14.5. The van der Waals surface area contributed by atoms with Crippen LogP contribution in [0.2, 0.25) is 5.32 Å². The molecule has 0 radical (unpaired) electrons. The zero-order valence-corrected chi connectivity index (χ0v) is 13.3. The molecule has 5 heteroatoms. The van der Waals surface area contributed by atoms with Crippen LogP contribution < -0.4 is 4.90 Å². The Kier molecular flexibility index (Phi) is 6.53. The maximum atomic E-state index is 11.0. The summed E-state index contributed by atoms with van der Waals surface area (Å²) in [5.41, 5.74) is 1.15. The molecule has 0 saturated heterocycles. The summed E-state index contributed by atoms with van der Waals surface area (Å²) >= 11 is 3.36. The van der Waals surface area contributed by atoms with Crippen LogP contribution in [0.1, 0.15) is 6.42 Å². The van der Waals surface area contributed by atoms with Gasteiger partial charge in [0.25, 0.3) is 0 Å². The Bertz CT molecular complexity index is 381. The monoisotopic (exact) mass is 365 g/mol. The van der Waals surface area contributed by atoms with E-state index in [1.54, 1.807) is 0 Å². The second-order valence-electron chi connectivity index (χ2n) is 3.34. The number of carbonyl (C=O) groups is 1. The van der Waals surface area contributed by atoms with Crippen LogP contribution in [0.25, 0.3) is 0 Å². The molecule has 0 aliphatic rings. The Hall–Kier alpha value is -0.601. The number of methoxy groups -OCH3 is 1. The van der Waals surface area contributed by atoms with Crippen LogP contribution in [0.5, 0.6) is 0 Å². The summed E-state index contributed by atoms with van der Waals surface area (Å²) in [6.45, 7) is 0. The summed E-state index contributed by atoms with van der Waals surface area (Å²) in [6, 6.07) is 10.2. The zero-order valence-electron chi connectivity index (χ0n) is 9.88. The van der Waals surface area contributed by atoms with Crippen LogP contribution in [0.4, 0.5) is 5.69 Å². The molecule has 1 rings (SSSR count). The van der Waals surface area contributed by atoms with Gasteiger partial charge in [-0.2, -0.15) is 0 Å². The predicted octanol–water partition coefficient (Wildman–Crippen LogP) is 1.06. The van der Waals surface area contributed by atoms with Crippen LogP contribution in [0, 0.1) is 0 Å². The number of esters is 1. The molecule has 92 valence electrons. The van der Waals surface area contributed by atoms with Gasteiger partial charge in [0.2, 0.25) is 0 Å². The number of hydrogen-bond acceptors (Lipinski definition) is 3. The van der Waals surface area contributed by atoms with Gasteiger partial charge in [0.05, 0.1) is 0 Å². The fraction of sp³-hybridized carbons (Fsp3) is 0.333. The third-order valence-electron chi connectivity index (χ3n) is 2.18. The van der Waals surface area contributed by atoms with Crippen molar-refractivity contribution < 1.29 is 9.53 Å². The Morgan fingerprint density at radius 1 is 1.41 bits per heavy atom. The molecule has 0 unspecified atom stereocenters. The minimum absolute atomic E-state index is 0.137. The summed E-state index contributed by atoms with van der Waals surface area (Å²) in [4.78, 5) is 13.1. The van der Waals surface area contributed by atoms with E-state index in [1.165, 1.54) is 10.5 Å². The molecule has 0 aliphatic heterocycles. The van der Waals surface area contributed by atoms with Gasteiger partial charge in [-0.1, -0.05) is 0 Å². The van der Waals surface area contributed by atoms with Gasteiger partial charge in [-0.05, 0) is 0 Å². The number of hydrogen-bond donors (Lipinski definition) is 0. The molecule has 1 aromatic carbocycles. The van der Waals surface area contributed by atoms with Crippen LogP contribution >= 0.6 is 0 Å². The molecule has 1 aromatic rings. The number of para-hydroxylation sites is 1. The number of rotatable bonds is 6. The standard InChI is InChI=1S/C12H15NO2Se2/c1-13(10-6-4-3-5-7-10)12(16)17-9-8-11(14)15-2/h3-7H,8-9H2,1-2H3. The van der Waals surface area contributed by atoms with Crippen LogP contribution in [0.15, 0.2) is 30.3 Å². The first-order chi connectivity index (χ1) is 8.15. The van der Waals surface area contributed by atoms with Crippen molar-refractivity contribution in [2.75, 3.05) is 19.1 Å². The van der Waals surface area contributed by atoms with Gasteiger partial charge in [-0.3, -0.25) is 0 Å². The second-order valence-corrected chi connectivity index (χ2v) is 7.73. The third-order valence-corrected chi connectivity index (χ3v) is 5.99. The molecule has 17 heavy (non-hydrogen) atoms. The predicted molar refractivity (Wildman–Crippen MR) is 72.8 cm³/mol. The first-order valence-corrected chi connectivity index (χ1v) is 8.10. The number of carbonyl (C=O) groups excluding carboxylic acids is 1. The van der Waals surface area contributed by atoms with Crippen molar-refractivity contribution in [3.8, 4) is 0 Å². The van der Waals surface area contributed by atoms with Crippen molar-refractivity contribution in [2.45, 2.75) is 11.7 Å². The Labute approximate surface area is 116 Å². The van der Waals surface area contributed by atoms with Gasteiger partial charge in [0.15, 0.2) is 0 Å². The van der Waals surface area contributed by atoms with Crippen molar-refractivity contribution in [2.24, 2.45) is 0 Å². The van der Waals surface area contributed by atoms with E-state index in [4.69, 9.17) is 0 Å². The van der Waals surface area contributed by atoms with E-state index in [1.807, 2.05) is 25.2 Å². The molecular weight excluding hydrogens is 348 g/mol. The summed E-state index contributed by atoms with van der Waals surface area (Å²) in [5, 5.41) is 0.860. The van der Waals surface area contributed by atoms with Crippen molar-refractivity contribution >= 4 is 45.6 Å². The van der Waals surface area contributed by atoms with Crippen LogP contribution in [0.3, 0.4) is 0 Å². The summed E-state index contributed by atoms with van der Waals surface area (Å²) < 4.78 is 5.80. The fourth-order valence-electron chi connectivity index (χ4n) is 1.18. The third kappa shape index (κ3) is 5.05. The molecule has 0 fully saturated rings. The van der Waals surface area contributed by atoms with Gasteiger partial charge in [0, 0.05) is 0 Å². The van der Waals surface area contributed by atoms with E-state index in [0.29, 0.717) is 6.42 Å². The van der Waals surface area contributed by atoms with E-state index in [2.05, 4.69) is 37.3 Å². The number of ether oxygens (including phenoxy) is 1. The Morgan fingerprint density at radius 3 is 2.65 bits per heavy atom.